The summed E-state index contributed by atoms with van der Waals surface area (Å²) in [6, 6.07) is 43.3. The van der Waals surface area contributed by atoms with E-state index in [-0.39, 0.29) is 0 Å². The molecule has 5 aromatic carbocycles. The third kappa shape index (κ3) is 3.35. The van der Waals surface area contributed by atoms with Crippen molar-refractivity contribution < 1.29 is 0 Å². The third-order valence-corrected chi connectivity index (χ3v) is 6.48. The van der Waals surface area contributed by atoms with Crippen molar-refractivity contribution in [1.82, 2.24) is 4.57 Å². The van der Waals surface area contributed by atoms with E-state index in [4.69, 9.17) is 0 Å². The van der Waals surface area contributed by atoms with Crippen LogP contribution >= 0.6 is 0 Å². The average Bonchev–Trinajstić information content (AvgIpc) is 3.26. The molecule has 0 atom stereocenters. The molecule has 6 rings (SSSR count). The fourth-order valence-electron chi connectivity index (χ4n) is 4.84. The van der Waals surface area contributed by atoms with Gasteiger partial charge in [0, 0.05) is 10.8 Å². The van der Waals surface area contributed by atoms with Crippen LogP contribution in [0.3, 0.4) is 0 Å². The van der Waals surface area contributed by atoms with Crippen molar-refractivity contribution in [1.29, 1.82) is 10.5 Å². The number of aromatic nitrogens is 1. The predicted octanol–water partition coefficient (Wildman–Crippen LogP) is 7.86. The first-order valence-electron chi connectivity index (χ1n) is 11.4. The van der Waals surface area contributed by atoms with E-state index in [9.17, 15) is 10.5 Å². The van der Waals surface area contributed by atoms with Crippen LogP contribution in [0.4, 0.5) is 0 Å². The first-order chi connectivity index (χ1) is 17.3. The van der Waals surface area contributed by atoms with Crippen LogP contribution < -0.4 is 0 Å². The van der Waals surface area contributed by atoms with Crippen molar-refractivity contribution in [3.63, 3.8) is 0 Å². The van der Waals surface area contributed by atoms with E-state index < -0.39 is 0 Å². The summed E-state index contributed by atoms with van der Waals surface area (Å²) in [5.41, 5.74) is 7.88. The number of nitrogens with zero attached hydrogens (tertiary/aromatic N) is 3. The van der Waals surface area contributed by atoms with Gasteiger partial charge in [-0.2, -0.15) is 10.5 Å². The van der Waals surface area contributed by atoms with Crippen molar-refractivity contribution in [2.45, 2.75) is 0 Å². The highest BCUT2D eigenvalue weighted by molar-refractivity contribution is 6.11. The largest absolute Gasteiger partial charge is 0.307 e. The summed E-state index contributed by atoms with van der Waals surface area (Å²) in [6.07, 6.45) is 0. The molecule has 6 aromatic rings. The van der Waals surface area contributed by atoms with Crippen LogP contribution in [0.25, 0.3) is 49.7 Å². The molecule has 1 aromatic heterocycles. The second-order valence-electron chi connectivity index (χ2n) is 8.46. The van der Waals surface area contributed by atoms with Gasteiger partial charge in [-0.05, 0) is 46.5 Å². The molecule has 3 nitrogen and oxygen atoms in total. The number of nitriles is 2. The summed E-state index contributed by atoms with van der Waals surface area (Å²) in [5, 5.41) is 22.1. The highest BCUT2D eigenvalue weighted by Crippen LogP contribution is 2.38. The molecular formula is C32H19N3. The molecule has 35 heavy (non-hydrogen) atoms. The van der Waals surface area contributed by atoms with E-state index in [1.807, 2.05) is 36.4 Å². The summed E-state index contributed by atoms with van der Waals surface area (Å²) in [5.74, 6) is 0. The molecule has 0 spiro atoms. The molecule has 0 N–H and O–H groups in total. The maximum absolute atomic E-state index is 9.97. The van der Waals surface area contributed by atoms with Gasteiger partial charge in [-0.25, -0.2) is 0 Å². The minimum Gasteiger partial charge on any atom is -0.307 e. The first-order valence-corrected chi connectivity index (χ1v) is 11.4. The van der Waals surface area contributed by atoms with Crippen LogP contribution in [0.1, 0.15) is 11.1 Å². The maximum Gasteiger partial charge on any atom is 0.101 e. The molecule has 1 heterocycles. The Morgan fingerprint density at radius 3 is 1.34 bits per heavy atom. The standard InChI is InChI=1S/C32H19N3/c33-20-26-12-7-13-27(21-34)32(26)35-30-18-24(22-8-3-1-4-9-22)14-16-28(30)29-17-15-25(19-31(29)35)23-10-5-2-6-11-23/h1-19H. The van der Waals surface area contributed by atoms with Gasteiger partial charge in [-0.3, -0.25) is 0 Å². The molecule has 0 aliphatic rings. The van der Waals surface area contributed by atoms with Crippen molar-refractivity contribution in [2.24, 2.45) is 0 Å². The second kappa shape index (κ2) is 8.34. The normalized spacial score (nSPS) is 10.8. The minimum atomic E-state index is 0.470. The lowest BCUT2D eigenvalue weighted by Gasteiger charge is -2.13. The summed E-state index contributed by atoms with van der Waals surface area (Å²) in [4.78, 5) is 0. The molecule has 0 aliphatic heterocycles. The lowest BCUT2D eigenvalue weighted by Crippen LogP contribution is -2.01. The molecule has 0 saturated carbocycles. The fourth-order valence-corrected chi connectivity index (χ4v) is 4.84. The van der Waals surface area contributed by atoms with Crippen LogP contribution in [0.2, 0.25) is 0 Å². The molecule has 0 radical (unpaired) electrons. The van der Waals surface area contributed by atoms with Gasteiger partial charge in [0.2, 0.25) is 0 Å². The van der Waals surface area contributed by atoms with Crippen molar-refractivity contribution in [3.8, 4) is 40.1 Å². The predicted molar refractivity (Wildman–Crippen MR) is 141 cm³/mol. The zero-order chi connectivity index (χ0) is 23.8. The van der Waals surface area contributed by atoms with Gasteiger partial charge in [0.25, 0.3) is 0 Å². The highest BCUT2D eigenvalue weighted by atomic mass is 15.0. The van der Waals surface area contributed by atoms with Gasteiger partial charge in [-0.1, -0.05) is 91.0 Å². The third-order valence-electron chi connectivity index (χ3n) is 6.48. The number of para-hydroxylation sites is 1. The monoisotopic (exact) mass is 445 g/mol. The Balaban J connectivity index is 1.76. The number of benzene rings is 5. The minimum absolute atomic E-state index is 0.470. The van der Waals surface area contributed by atoms with Gasteiger partial charge in [0.15, 0.2) is 0 Å². The zero-order valence-corrected chi connectivity index (χ0v) is 18.8. The van der Waals surface area contributed by atoms with Gasteiger partial charge in [0.05, 0.1) is 27.8 Å². The quantitative estimate of drug-likeness (QED) is 0.278. The smallest absolute Gasteiger partial charge is 0.101 e. The zero-order valence-electron chi connectivity index (χ0n) is 18.8. The topological polar surface area (TPSA) is 52.5 Å². The number of hydrogen-bond acceptors (Lipinski definition) is 2. The molecule has 162 valence electrons. The second-order valence-corrected chi connectivity index (χ2v) is 8.46. The lowest BCUT2D eigenvalue weighted by molar-refractivity contribution is 1.16. The van der Waals surface area contributed by atoms with E-state index in [1.165, 1.54) is 0 Å². The fraction of sp³-hybridized carbons (Fsp3) is 0. The van der Waals surface area contributed by atoms with Crippen LogP contribution in [0.5, 0.6) is 0 Å². The van der Waals surface area contributed by atoms with Crippen molar-refractivity contribution >= 4 is 21.8 Å². The average molecular weight is 446 g/mol. The molecule has 0 saturated heterocycles. The molecule has 0 bridgehead atoms. The van der Waals surface area contributed by atoms with E-state index in [0.29, 0.717) is 16.8 Å². The Labute approximate surface area is 203 Å². The molecular weight excluding hydrogens is 426 g/mol. The number of fused-ring (bicyclic) bond motifs is 3. The van der Waals surface area contributed by atoms with Gasteiger partial charge in [0.1, 0.15) is 12.1 Å². The molecule has 0 amide bonds. The molecule has 3 heteroatoms. The van der Waals surface area contributed by atoms with Gasteiger partial charge >= 0.3 is 0 Å². The summed E-state index contributed by atoms with van der Waals surface area (Å²) in [6.45, 7) is 0. The van der Waals surface area contributed by atoms with E-state index >= 15 is 0 Å². The Morgan fingerprint density at radius 1 is 0.457 bits per heavy atom. The Hall–Kier alpha value is -5.12. The lowest BCUT2D eigenvalue weighted by atomic mass is 10.0. The van der Waals surface area contributed by atoms with Crippen LogP contribution in [-0.4, -0.2) is 4.57 Å². The Kier molecular flexibility index (Phi) is 4.88. The van der Waals surface area contributed by atoms with Crippen LogP contribution in [0.15, 0.2) is 115 Å². The van der Waals surface area contributed by atoms with Gasteiger partial charge < -0.3 is 4.57 Å². The van der Waals surface area contributed by atoms with Crippen LogP contribution in [-0.2, 0) is 0 Å². The summed E-state index contributed by atoms with van der Waals surface area (Å²) in [7, 11) is 0. The maximum atomic E-state index is 9.97. The Morgan fingerprint density at radius 2 is 0.914 bits per heavy atom. The number of rotatable bonds is 3. The first kappa shape index (κ1) is 20.5. The highest BCUT2D eigenvalue weighted by Gasteiger charge is 2.19. The molecule has 0 fully saturated rings. The van der Waals surface area contributed by atoms with E-state index in [0.717, 1.165) is 44.1 Å². The van der Waals surface area contributed by atoms with E-state index in [2.05, 4.69) is 77.4 Å². The van der Waals surface area contributed by atoms with Gasteiger partial charge in [-0.15, -0.1) is 0 Å². The van der Waals surface area contributed by atoms with Crippen molar-refractivity contribution in [2.75, 3.05) is 0 Å². The summed E-state index contributed by atoms with van der Waals surface area (Å²) >= 11 is 0. The van der Waals surface area contributed by atoms with Crippen molar-refractivity contribution in [3.05, 3.63) is 126 Å². The number of hydrogen-bond donors (Lipinski definition) is 0. The van der Waals surface area contributed by atoms with Crippen LogP contribution in [0, 0.1) is 22.7 Å². The molecule has 0 unspecified atom stereocenters. The SMILES string of the molecule is N#Cc1cccc(C#N)c1-n1c2cc(-c3ccccc3)ccc2c2ccc(-c3ccccc3)cc21. The van der Waals surface area contributed by atoms with E-state index in [1.54, 1.807) is 18.2 Å². The summed E-state index contributed by atoms with van der Waals surface area (Å²) < 4.78 is 2.08. The molecule has 0 aliphatic carbocycles. The Bertz CT molecular complexity index is 1670.